The largest absolute Gasteiger partial charge is 0.353 e. The predicted molar refractivity (Wildman–Crippen MR) is 94.3 cm³/mol. The van der Waals surface area contributed by atoms with Gasteiger partial charge in [-0.05, 0) is 48.8 Å². The highest BCUT2D eigenvalue weighted by molar-refractivity contribution is 5.85. The zero-order valence-corrected chi connectivity index (χ0v) is 14.5. The van der Waals surface area contributed by atoms with Gasteiger partial charge in [-0.2, -0.15) is 0 Å². The van der Waals surface area contributed by atoms with Gasteiger partial charge in [0.1, 0.15) is 0 Å². The number of carbonyl (C=O) groups is 1. The number of nitrogens with two attached hydrogens (primary N) is 1. The van der Waals surface area contributed by atoms with Crippen molar-refractivity contribution >= 4 is 18.3 Å². The Kier molecular flexibility index (Phi) is 7.91. The Morgan fingerprint density at radius 3 is 2.45 bits per heavy atom. The van der Waals surface area contributed by atoms with Crippen LogP contribution in [-0.2, 0) is 17.6 Å². The Balaban J connectivity index is 0.00000242. The van der Waals surface area contributed by atoms with Gasteiger partial charge >= 0.3 is 0 Å². The van der Waals surface area contributed by atoms with Gasteiger partial charge in [0.25, 0.3) is 0 Å². The van der Waals surface area contributed by atoms with Crippen LogP contribution in [0.15, 0.2) is 24.3 Å². The van der Waals surface area contributed by atoms with Crippen LogP contribution in [0.1, 0.15) is 44.2 Å². The molecule has 124 valence electrons. The van der Waals surface area contributed by atoms with Gasteiger partial charge in [-0.25, -0.2) is 0 Å². The van der Waals surface area contributed by atoms with Crippen LogP contribution in [-0.4, -0.2) is 18.5 Å². The van der Waals surface area contributed by atoms with Gasteiger partial charge in [-0.1, -0.05) is 44.5 Å². The summed E-state index contributed by atoms with van der Waals surface area (Å²) < 4.78 is 0. The van der Waals surface area contributed by atoms with E-state index in [2.05, 4.69) is 43.4 Å². The number of hydrogen-bond donors (Lipinski definition) is 2. The summed E-state index contributed by atoms with van der Waals surface area (Å²) in [6, 6.07) is 8.71. The first-order chi connectivity index (χ1) is 10.1. The molecule has 3 N–H and O–H groups in total. The van der Waals surface area contributed by atoms with E-state index in [0.717, 1.165) is 24.8 Å². The van der Waals surface area contributed by atoms with E-state index in [1.165, 1.54) is 12.0 Å². The van der Waals surface area contributed by atoms with Gasteiger partial charge in [0.05, 0.1) is 6.42 Å². The van der Waals surface area contributed by atoms with Gasteiger partial charge in [-0.15, -0.1) is 12.4 Å². The maximum atomic E-state index is 12.1. The minimum atomic E-state index is 0. The van der Waals surface area contributed by atoms with Crippen LogP contribution in [0.2, 0.25) is 0 Å². The summed E-state index contributed by atoms with van der Waals surface area (Å²) >= 11 is 0. The third-order valence-electron chi connectivity index (χ3n) is 4.34. The quantitative estimate of drug-likeness (QED) is 0.844. The molecule has 2 unspecified atom stereocenters. The molecule has 1 aliphatic carbocycles. The number of carbonyl (C=O) groups excluding carboxylic acids is 1. The Hall–Kier alpha value is -1.06. The molecule has 1 aromatic carbocycles. The third kappa shape index (κ3) is 5.62. The van der Waals surface area contributed by atoms with Crippen molar-refractivity contribution in [1.29, 1.82) is 0 Å². The lowest BCUT2D eigenvalue weighted by molar-refractivity contribution is -0.121. The molecule has 0 saturated heterocycles. The maximum absolute atomic E-state index is 12.1. The van der Waals surface area contributed by atoms with E-state index in [1.54, 1.807) is 0 Å². The highest BCUT2D eigenvalue weighted by Gasteiger charge is 2.27. The summed E-state index contributed by atoms with van der Waals surface area (Å²) in [4.78, 5) is 12.1. The van der Waals surface area contributed by atoms with Crippen molar-refractivity contribution < 1.29 is 4.79 Å². The third-order valence-corrected chi connectivity index (χ3v) is 4.34. The summed E-state index contributed by atoms with van der Waals surface area (Å²) in [5.74, 6) is 1.24. The van der Waals surface area contributed by atoms with Crippen molar-refractivity contribution in [2.75, 3.05) is 6.54 Å². The minimum Gasteiger partial charge on any atom is -0.353 e. The molecule has 0 bridgehead atoms. The van der Waals surface area contributed by atoms with E-state index in [1.807, 2.05) is 0 Å². The van der Waals surface area contributed by atoms with E-state index < -0.39 is 0 Å². The van der Waals surface area contributed by atoms with Gasteiger partial charge in [-0.3, -0.25) is 4.79 Å². The van der Waals surface area contributed by atoms with Gasteiger partial charge in [0.2, 0.25) is 5.91 Å². The number of halogens is 1. The molecule has 0 radical (unpaired) electrons. The molecule has 1 saturated carbocycles. The molecule has 4 heteroatoms. The van der Waals surface area contributed by atoms with E-state index in [-0.39, 0.29) is 24.4 Å². The molecule has 1 fully saturated rings. The van der Waals surface area contributed by atoms with Crippen LogP contribution >= 0.6 is 12.4 Å². The van der Waals surface area contributed by atoms with Crippen molar-refractivity contribution in [2.45, 2.75) is 52.0 Å². The van der Waals surface area contributed by atoms with Gasteiger partial charge in [0.15, 0.2) is 0 Å². The first-order valence-electron chi connectivity index (χ1n) is 8.15. The van der Waals surface area contributed by atoms with Crippen molar-refractivity contribution in [1.82, 2.24) is 5.32 Å². The van der Waals surface area contributed by atoms with E-state index >= 15 is 0 Å². The molecule has 3 nitrogen and oxygen atoms in total. The molecule has 1 aromatic rings. The fourth-order valence-corrected chi connectivity index (χ4v) is 3.22. The normalized spacial score (nSPS) is 20.7. The highest BCUT2D eigenvalue weighted by Crippen LogP contribution is 2.24. The van der Waals surface area contributed by atoms with Crippen molar-refractivity contribution in [3.63, 3.8) is 0 Å². The molecule has 2 rings (SSSR count). The fraction of sp³-hybridized carbons (Fsp3) is 0.611. The van der Waals surface area contributed by atoms with Crippen LogP contribution in [0.4, 0.5) is 0 Å². The molecule has 22 heavy (non-hydrogen) atoms. The Bertz CT molecular complexity index is 459. The summed E-state index contributed by atoms with van der Waals surface area (Å²) in [6.07, 6.45) is 4.95. The molecule has 0 aromatic heterocycles. The minimum absolute atomic E-state index is 0. The lowest BCUT2D eigenvalue weighted by Crippen LogP contribution is -2.40. The lowest BCUT2D eigenvalue weighted by Gasteiger charge is -2.19. The second-order valence-corrected chi connectivity index (χ2v) is 6.69. The second kappa shape index (κ2) is 9.16. The molecule has 0 heterocycles. The van der Waals surface area contributed by atoms with Gasteiger partial charge in [0, 0.05) is 6.04 Å². The first-order valence-corrected chi connectivity index (χ1v) is 8.15. The second-order valence-electron chi connectivity index (χ2n) is 6.69. The van der Waals surface area contributed by atoms with E-state index in [0.29, 0.717) is 24.8 Å². The first kappa shape index (κ1) is 19.0. The lowest BCUT2D eigenvalue weighted by atomic mass is 10.0. The van der Waals surface area contributed by atoms with E-state index in [4.69, 9.17) is 5.73 Å². The molecular formula is C18H29ClN2O. The van der Waals surface area contributed by atoms with Crippen LogP contribution in [0.3, 0.4) is 0 Å². The van der Waals surface area contributed by atoms with Crippen LogP contribution < -0.4 is 11.1 Å². The number of amides is 1. The predicted octanol–water partition coefficient (Wildman–Crippen LogP) is 3.09. The average molecular weight is 325 g/mol. The Morgan fingerprint density at radius 2 is 1.86 bits per heavy atom. The standard InChI is InChI=1S/C18H28N2O.ClH/c1-13(2)10-14-6-8-15(9-7-14)11-18(21)20-17-5-3-4-16(17)12-19;/h6-9,13,16-17H,3-5,10-12,19H2,1-2H3,(H,20,21);1H. The van der Waals surface area contributed by atoms with Gasteiger partial charge < -0.3 is 11.1 Å². The smallest absolute Gasteiger partial charge is 0.224 e. The molecule has 1 aliphatic rings. The number of hydrogen-bond acceptors (Lipinski definition) is 2. The van der Waals surface area contributed by atoms with Crippen molar-refractivity contribution in [2.24, 2.45) is 17.6 Å². The Morgan fingerprint density at radius 1 is 1.23 bits per heavy atom. The van der Waals surface area contributed by atoms with Crippen molar-refractivity contribution in [3.8, 4) is 0 Å². The summed E-state index contributed by atoms with van der Waals surface area (Å²) in [5, 5.41) is 3.16. The highest BCUT2D eigenvalue weighted by atomic mass is 35.5. The summed E-state index contributed by atoms with van der Waals surface area (Å²) in [6.45, 7) is 5.11. The SMILES string of the molecule is CC(C)Cc1ccc(CC(=O)NC2CCCC2CN)cc1.Cl. The zero-order chi connectivity index (χ0) is 15.2. The number of rotatable bonds is 6. The fourth-order valence-electron chi connectivity index (χ4n) is 3.22. The molecular weight excluding hydrogens is 296 g/mol. The zero-order valence-electron chi connectivity index (χ0n) is 13.7. The van der Waals surface area contributed by atoms with Crippen LogP contribution in [0, 0.1) is 11.8 Å². The molecule has 0 spiro atoms. The summed E-state index contributed by atoms with van der Waals surface area (Å²) in [7, 11) is 0. The van der Waals surface area contributed by atoms with Crippen LogP contribution in [0.25, 0.3) is 0 Å². The van der Waals surface area contributed by atoms with Crippen LogP contribution in [0.5, 0.6) is 0 Å². The molecule has 1 amide bonds. The topological polar surface area (TPSA) is 55.1 Å². The number of benzene rings is 1. The molecule has 2 atom stereocenters. The Labute approximate surface area is 140 Å². The number of nitrogens with one attached hydrogen (secondary N) is 1. The van der Waals surface area contributed by atoms with Crippen molar-refractivity contribution in [3.05, 3.63) is 35.4 Å². The summed E-state index contributed by atoms with van der Waals surface area (Å²) in [5.41, 5.74) is 8.18. The molecule has 0 aliphatic heterocycles. The average Bonchev–Trinajstić information content (AvgIpc) is 2.87. The maximum Gasteiger partial charge on any atom is 0.224 e. The monoisotopic (exact) mass is 324 g/mol. The van der Waals surface area contributed by atoms with E-state index in [9.17, 15) is 4.79 Å².